The molecule has 1 aliphatic rings. The van der Waals surface area contributed by atoms with Crippen molar-refractivity contribution in [1.29, 1.82) is 0 Å². The SMILES string of the molecule is CC1(C)c2ccccc2-c2c(N(c3cccc(-c4ccccc4)c3)c3cccc4ccc5c6ccccc6sc5c34)cccc21. The van der Waals surface area contributed by atoms with Crippen LogP contribution in [0.25, 0.3) is 53.2 Å². The van der Waals surface area contributed by atoms with Crippen LogP contribution in [0.5, 0.6) is 0 Å². The normalized spacial score (nSPS) is 13.3. The van der Waals surface area contributed by atoms with Gasteiger partial charge in [0.2, 0.25) is 0 Å². The van der Waals surface area contributed by atoms with Gasteiger partial charge in [-0.05, 0) is 63.5 Å². The molecule has 45 heavy (non-hydrogen) atoms. The second-order valence-electron chi connectivity index (χ2n) is 12.5. The summed E-state index contributed by atoms with van der Waals surface area (Å²) in [5.41, 5.74) is 11.3. The first-order valence-corrected chi connectivity index (χ1v) is 16.4. The van der Waals surface area contributed by atoms with E-state index in [0.717, 1.165) is 5.69 Å². The lowest BCUT2D eigenvalue weighted by atomic mass is 9.82. The predicted octanol–water partition coefficient (Wildman–Crippen LogP) is 12.7. The van der Waals surface area contributed by atoms with E-state index >= 15 is 0 Å². The monoisotopic (exact) mass is 593 g/mol. The summed E-state index contributed by atoms with van der Waals surface area (Å²) in [7, 11) is 0. The molecule has 0 saturated heterocycles. The van der Waals surface area contributed by atoms with Crippen molar-refractivity contribution in [1.82, 2.24) is 0 Å². The molecule has 0 amide bonds. The number of hydrogen-bond acceptors (Lipinski definition) is 2. The highest BCUT2D eigenvalue weighted by Crippen LogP contribution is 2.55. The lowest BCUT2D eigenvalue weighted by molar-refractivity contribution is 0.660. The van der Waals surface area contributed by atoms with Crippen molar-refractivity contribution in [2.24, 2.45) is 0 Å². The number of benzene rings is 7. The summed E-state index contributed by atoms with van der Waals surface area (Å²) >= 11 is 1.90. The maximum Gasteiger partial charge on any atom is 0.0554 e. The van der Waals surface area contributed by atoms with E-state index in [4.69, 9.17) is 0 Å². The lowest BCUT2D eigenvalue weighted by Crippen LogP contribution is -2.16. The van der Waals surface area contributed by atoms with E-state index in [0.29, 0.717) is 0 Å². The van der Waals surface area contributed by atoms with Crippen LogP contribution in [-0.2, 0) is 5.41 Å². The average Bonchev–Trinajstić information content (AvgIpc) is 3.58. The third-order valence-electron chi connectivity index (χ3n) is 9.64. The molecule has 214 valence electrons. The lowest BCUT2D eigenvalue weighted by Gasteiger charge is -2.30. The molecule has 0 bridgehead atoms. The zero-order valence-electron chi connectivity index (χ0n) is 25.3. The van der Waals surface area contributed by atoms with Crippen LogP contribution in [0.2, 0.25) is 0 Å². The van der Waals surface area contributed by atoms with Crippen molar-refractivity contribution in [3.8, 4) is 22.3 Å². The molecule has 1 aromatic heterocycles. The zero-order chi connectivity index (χ0) is 30.1. The minimum Gasteiger partial charge on any atom is -0.309 e. The zero-order valence-corrected chi connectivity index (χ0v) is 26.1. The summed E-state index contributed by atoms with van der Waals surface area (Å²) in [6.07, 6.45) is 0. The van der Waals surface area contributed by atoms with Crippen LogP contribution >= 0.6 is 11.3 Å². The maximum absolute atomic E-state index is 2.52. The molecule has 0 radical (unpaired) electrons. The summed E-state index contributed by atoms with van der Waals surface area (Å²) in [5.74, 6) is 0. The van der Waals surface area contributed by atoms with Crippen molar-refractivity contribution < 1.29 is 0 Å². The fourth-order valence-electron chi connectivity index (χ4n) is 7.50. The van der Waals surface area contributed by atoms with Gasteiger partial charge in [-0.25, -0.2) is 0 Å². The molecule has 0 aliphatic heterocycles. The van der Waals surface area contributed by atoms with Crippen LogP contribution in [0.4, 0.5) is 17.1 Å². The van der Waals surface area contributed by atoms with Crippen LogP contribution in [0.1, 0.15) is 25.0 Å². The number of nitrogens with zero attached hydrogens (tertiary/aromatic N) is 1. The number of fused-ring (bicyclic) bond motifs is 8. The summed E-state index contributed by atoms with van der Waals surface area (Å²) in [5, 5.41) is 5.19. The van der Waals surface area contributed by atoms with E-state index in [-0.39, 0.29) is 5.41 Å². The Morgan fingerprint density at radius 2 is 1.24 bits per heavy atom. The molecule has 1 heterocycles. The van der Waals surface area contributed by atoms with Gasteiger partial charge in [-0.3, -0.25) is 0 Å². The Bertz CT molecular complexity index is 2410. The van der Waals surface area contributed by atoms with Crippen LogP contribution in [0.3, 0.4) is 0 Å². The van der Waals surface area contributed by atoms with Crippen molar-refractivity contribution >= 4 is 59.3 Å². The molecule has 1 nitrogen and oxygen atoms in total. The molecule has 0 spiro atoms. The Morgan fingerprint density at radius 3 is 2.16 bits per heavy atom. The fourth-order valence-corrected chi connectivity index (χ4v) is 8.77. The molecule has 8 aromatic rings. The number of hydrogen-bond donors (Lipinski definition) is 0. The van der Waals surface area contributed by atoms with E-state index in [1.165, 1.54) is 75.7 Å². The van der Waals surface area contributed by atoms with Gasteiger partial charge in [0.15, 0.2) is 0 Å². The third-order valence-corrected chi connectivity index (χ3v) is 10.8. The van der Waals surface area contributed by atoms with Gasteiger partial charge in [0.25, 0.3) is 0 Å². The number of anilines is 3. The van der Waals surface area contributed by atoms with Gasteiger partial charge in [0.05, 0.1) is 11.4 Å². The largest absolute Gasteiger partial charge is 0.309 e. The highest BCUT2D eigenvalue weighted by Gasteiger charge is 2.37. The molecule has 7 aromatic carbocycles. The second kappa shape index (κ2) is 9.92. The molecule has 0 unspecified atom stereocenters. The molecule has 9 rings (SSSR count). The van der Waals surface area contributed by atoms with Gasteiger partial charge >= 0.3 is 0 Å². The summed E-state index contributed by atoms with van der Waals surface area (Å²) < 4.78 is 2.66. The quantitative estimate of drug-likeness (QED) is 0.196. The third kappa shape index (κ3) is 3.92. The highest BCUT2D eigenvalue weighted by molar-refractivity contribution is 7.26. The van der Waals surface area contributed by atoms with Gasteiger partial charge in [-0.2, -0.15) is 0 Å². The van der Waals surface area contributed by atoms with E-state index in [9.17, 15) is 0 Å². The molecule has 0 atom stereocenters. The molecule has 0 fully saturated rings. The van der Waals surface area contributed by atoms with Crippen LogP contribution in [0, 0.1) is 0 Å². The first kappa shape index (κ1) is 26.2. The Morgan fingerprint density at radius 1 is 0.533 bits per heavy atom. The molecular formula is C43H31NS. The van der Waals surface area contributed by atoms with Crippen molar-refractivity contribution in [3.05, 3.63) is 163 Å². The minimum absolute atomic E-state index is 0.0863. The first-order valence-electron chi connectivity index (χ1n) is 15.6. The Hall–Kier alpha value is -5.18. The van der Waals surface area contributed by atoms with Crippen molar-refractivity contribution in [2.75, 3.05) is 4.90 Å². The standard InChI is InChI=1S/C43H31NS/c1-43(2)35-20-8-6-19-34(35)41-36(43)21-12-23-38(41)44(31-17-10-16-30(27-31)28-13-4-3-5-14-28)37-22-11-15-29-25-26-33-32-18-7-9-24-39(32)45-42(33)40(29)37/h3-27H,1-2H3. The second-order valence-corrected chi connectivity index (χ2v) is 13.6. The predicted molar refractivity (Wildman–Crippen MR) is 195 cm³/mol. The molecule has 1 aliphatic carbocycles. The van der Waals surface area contributed by atoms with Gasteiger partial charge in [0, 0.05) is 42.2 Å². The summed E-state index contributed by atoms with van der Waals surface area (Å²) in [6.45, 7) is 4.72. The molecule has 0 saturated carbocycles. The summed E-state index contributed by atoms with van der Waals surface area (Å²) in [4.78, 5) is 2.52. The fraction of sp³-hybridized carbons (Fsp3) is 0.0698. The van der Waals surface area contributed by atoms with E-state index < -0.39 is 0 Å². The van der Waals surface area contributed by atoms with E-state index in [1.54, 1.807) is 0 Å². The Labute approximate surface area is 267 Å². The van der Waals surface area contributed by atoms with Crippen molar-refractivity contribution in [2.45, 2.75) is 19.3 Å². The van der Waals surface area contributed by atoms with Crippen LogP contribution in [-0.4, -0.2) is 0 Å². The average molecular weight is 594 g/mol. The number of thiophene rings is 1. The van der Waals surface area contributed by atoms with Crippen LogP contribution < -0.4 is 4.90 Å². The van der Waals surface area contributed by atoms with E-state index in [1.807, 2.05) is 11.3 Å². The highest BCUT2D eigenvalue weighted by atomic mass is 32.1. The topological polar surface area (TPSA) is 3.24 Å². The molecule has 2 heteroatoms. The summed E-state index contributed by atoms with van der Waals surface area (Å²) in [6, 6.07) is 55.8. The van der Waals surface area contributed by atoms with Gasteiger partial charge in [-0.1, -0.05) is 135 Å². The van der Waals surface area contributed by atoms with E-state index in [2.05, 4.69) is 170 Å². The van der Waals surface area contributed by atoms with Crippen molar-refractivity contribution in [3.63, 3.8) is 0 Å². The minimum atomic E-state index is -0.0863. The smallest absolute Gasteiger partial charge is 0.0554 e. The number of rotatable bonds is 4. The Balaban J connectivity index is 1.39. The first-order chi connectivity index (χ1) is 22.1. The molecular weight excluding hydrogens is 563 g/mol. The maximum atomic E-state index is 2.52. The Kier molecular flexibility index (Phi) is 5.78. The van der Waals surface area contributed by atoms with Gasteiger partial charge < -0.3 is 4.90 Å². The molecule has 0 N–H and O–H groups in total. The van der Waals surface area contributed by atoms with Crippen LogP contribution in [0.15, 0.2) is 152 Å². The van der Waals surface area contributed by atoms with Gasteiger partial charge in [-0.15, -0.1) is 11.3 Å². The van der Waals surface area contributed by atoms with Gasteiger partial charge in [0.1, 0.15) is 0 Å².